The zero-order chi connectivity index (χ0) is 12.3. The van der Waals surface area contributed by atoms with E-state index in [1.807, 2.05) is 18.2 Å². The maximum Gasteiger partial charge on any atom is 0.226 e. The summed E-state index contributed by atoms with van der Waals surface area (Å²) in [6, 6.07) is 7.15. The van der Waals surface area contributed by atoms with Crippen molar-refractivity contribution in [2.24, 2.45) is 0 Å². The summed E-state index contributed by atoms with van der Waals surface area (Å²) in [5.74, 6) is -0.175. The third-order valence-electron chi connectivity index (χ3n) is 2.46. The molecule has 1 heterocycles. The monoisotopic (exact) mass is 234 g/mol. The second-order valence-electron chi connectivity index (χ2n) is 3.95. The van der Waals surface area contributed by atoms with E-state index >= 15 is 0 Å². The highest BCUT2D eigenvalue weighted by atomic mass is 16.5. The Morgan fingerprint density at radius 1 is 1.53 bits per heavy atom. The third kappa shape index (κ3) is 2.62. The number of nitrogens with zero attached hydrogens (tertiary/aromatic N) is 1. The second kappa shape index (κ2) is 4.97. The van der Waals surface area contributed by atoms with Gasteiger partial charge >= 0.3 is 0 Å². The van der Waals surface area contributed by atoms with E-state index in [0.29, 0.717) is 11.3 Å². The number of rotatable bonds is 4. The van der Waals surface area contributed by atoms with Crippen LogP contribution in [0.25, 0.3) is 11.0 Å². The predicted molar refractivity (Wildman–Crippen MR) is 62.4 cm³/mol. The molecule has 2 N–H and O–H groups in total. The Morgan fingerprint density at radius 3 is 3.06 bits per heavy atom. The number of fused-ring (bicyclic) bond motifs is 1. The van der Waals surface area contributed by atoms with Gasteiger partial charge in [-0.3, -0.25) is 4.79 Å². The average Bonchev–Trinajstić information content (AvgIpc) is 2.72. The van der Waals surface area contributed by atoms with Crippen molar-refractivity contribution in [3.63, 3.8) is 0 Å². The summed E-state index contributed by atoms with van der Waals surface area (Å²) in [5.41, 5.74) is 1.29. The molecule has 90 valence electrons. The molecule has 5 heteroatoms. The van der Waals surface area contributed by atoms with Crippen molar-refractivity contribution in [3.05, 3.63) is 30.0 Å². The first-order valence-electron chi connectivity index (χ1n) is 5.44. The summed E-state index contributed by atoms with van der Waals surface area (Å²) in [5, 5.41) is 16.2. The number of carbonyl (C=O) groups is 1. The molecule has 0 aliphatic heterocycles. The molecule has 0 bridgehead atoms. The van der Waals surface area contributed by atoms with Gasteiger partial charge in [0.15, 0.2) is 5.58 Å². The minimum atomic E-state index is -0.249. The van der Waals surface area contributed by atoms with Gasteiger partial charge in [-0.25, -0.2) is 0 Å². The van der Waals surface area contributed by atoms with Gasteiger partial charge in [-0.2, -0.15) is 0 Å². The average molecular weight is 234 g/mol. The van der Waals surface area contributed by atoms with Crippen LogP contribution in [0.15, 0.2) is 28.8 Å². The summed E-state index contributed by atoms with van der Waals surface area (Å²) < 4.78 is 5.10. The van der Waals surface area contributed by atoms with E-state index in [0.717, 1.165) is 5.39 Å². The summed E-state index contributed by atoms with van der Waals surface area (Å²) >= 11 is 0. The number of carbonyl (C=O) groups excluding carboxylic acids is 1. The number of para-hydroxylation sites is 1. The molecule has 0 aliphatic carbocycles. The van der Waals surface area contributed by atoms with Crippen LogP contribution in [-0.2, 0) is 11.2 Å². The highest BCUT2D eigenvalue weighted by Gasteiger charge is 2.13. The fourth-order valence-electron chi connectivity index (χ4n) is 1.59. The van der Waals surface area contributed by atoms with E-state index in [1.54, 1.807) is 13.0 Å². The van der Waals surface area contributed by atoms with Crippen molar-refractivity contribution in [1.29, 1.82) is 0 Å². The van der Waals surface area contributed by atoms with Crippen LogP contribution < -0.4 is 5.32 Å². The first-order valence-corrected chi connectivity index (χ1v) is 5.44. The molecule has 2 rings (SSSR count). The van der Waals surface area contributed by atoms with Crippen molar-refractivity contribution in [2.45, 2.75) is 19.4 Å². The van der Waals surface area contributed by atoms with Crippen molar-refractivity contribution in [1.82, 2.24) is 10.5 Å². The fourth-order valence-corrected chi connectivity index (χ4v) is 1.59. The maximum atomic E-state index is 11.6. The molecule has 5 nitrogen and oxygen atoms in total. The molecule has 0 radical (unpaired) electrons. The number of aliphatic hydroxyl groups is 1. The number of nitrogens with one attached hydrogen (secondary N) is 1. The molecule has 1 aromatic heterocycles. The molecule has 0 fully saturated rings. The Labute approximate surface area is 98.4 Å². The van der Waals surface area contributed by atoms with E-state index in [9.17, 15) is 4.79 Å². The minimum Gasteiger partial charge on any atom is -0.394 e. The molecule has 2 aromatic rings. The quantitative estimate of drug-likeness (QED) is 0.823. The Balaban J connectivity index is 2.11. The number of hydrogen-bond acceptors (Lipinski definition) is 4. The van der Waals surface area contributed by atoms with Crippen LogP contribution in [0, 0.1) is 0 Å². The molecule has 1 amide bonds. The van der Waals surface area contributed by atoms with Crippen LogP contribution in [0.2, 0.25) is 0 Å². The van der Waals surface area contributed by atoms with Crippen molar-refractivity contribution in [2.75, 3.05) is 6.61 Å². The lowest BCUT2D eigenvalue weighted by molar-refractivity contribution is -0.121. The third-order valence-corrected chi connectivity index (χ3v) is 2.46. The Kier molecular flexibility index (Phi) is 3.39. The molecule has 1 aromatic carbocycles. The van der Waals surface area contributed by atoms with Gasteiger partial charge in [-0.15, -0.1) is 0 Å². The Bertz CT molecular complexity index is 521. The minimum absolute atomic E-state index is 0.0781. The van der Waals surface area contributed by atoms with Crippen LogP contribution in [0.3, 0.4) is 0 Å². The zero-order valence-corrected chi connectivity index (χ0v) is 9.51. The van der Waals surface area contributed by atoms with Gasteiger partial charge in [0.2, 0.25) is 5.91 Å². The topological polar surface area (TPSA) is 75.4 Å². The van der Waals surface area contributed by atoms with Crippen molar-refractivity contribution >= 4 is 16.9 Å². The molecule has 0 saturated heterocycles. The molecule has 0 aliphatic rings. The number of amides is 1. The number of benzene rings is 1. The maximum absolute atomic E-state index is 11.6. The molecular weight excluding hydrogens is 220 g/mol. The van der Waals surface area contributed by atoms with E-state index < -0.39 is 0 Å². The molecule has 17 heavy (non-hydrogen) atoms. The molecule has 1 atom stereocenters. The lowest BCUT2D eigenvalue weighted by Gasteiger charge is -2.09. The van der Waals surface area contributed by atoms with Gasteiger partial charge < -0.3 is 14.9 Å². The van der Waals surface area contributed by atoms with Gasteiger partial charge in [0.1, 0.15) is 5.69 Å². The second-order valence-corrected chi connectivity index (χ2v) is 3.95. The SMILES string of the molecule is C[C@H](CO)NC(=O)Cc1noc2ccccc12. The van der Waals surface area contributed by atoms with Crippen LogP contribution in [-0.4, -0.2) is 28.8 Å². The van der Waals surface area contributed by atoms with E-state index in [4.69, 9.17) is 9.63 Å². The normalized spacial score (nSPS) is 12.6. The van der Waals surface area contributed by atoms with Crippen molar-refractivity contribution in [3.8, 4) is 0 Å². The number of aliphatic hydroxyl groups excluding tert-OH is 1. The lowest BCUT2D eigenvalue weighted by atomic mass is 10.1. The highest BCUT2D eigenvalue weighted by molar-refractivity contribution is 5.86. The van der Waals surface area contributed by atoms with Gasteiger partial charge in [-0.1, -0.05) is 17.3 Å². The largest absolute Gasteiger partial charge is 0.394 e. The predicted octanol–water partition coefficient (Wildman–Crippen LogP) is 0.867. The van der Waals surface area contributed by atoms with Gasteiger partial charge in [0, 0.05) is 11.4 Å². The first-order chi connectivity index (χ1) is 8.20. The van der Waals surface area contributed by atoms with E-state index in [-0.39, 0.29) is 25.0 Å². The summed E-state index contributed by atoms with van der Waals surface area (Å²) in [6.07, 6.45) is 0.154. The standard InChI is InChI=1S/C12H14N2O3/c1-8(7-15)13-12(16)6-10-9-4-2-3-5-11(9)17-14-10/h2-5,8,15H,6-7H2,1H3,(H,13,16)/t8-/m1/s1. The molecule has 0 saturated carbocycles. The highest BCUT2D eigenvalue weighted by Crippen LogP contribution is 2.17. The Hall–Kier alpha value is -1.88. The van der Waals surface area contributed by atoms with Crippen molar-refractivity contribution < 1.29 is 14.4 Å². The van der Waals surface area contributed by atoms with Gasteiger partial charge in [0.25, 0.3) is 0 Å². The van der Waals surface area contributed by atoms with Crippen LogP contribution in [0.4, 0.5) is 0 Å². The molecule has 0 unspecified atom stereocenters. The van der Waals surface area contributed by atoms with E-state index in [2.05, 4.69) is 10.5 Å². The fraction of sp³-hybridized carbons (Fsp3) is 0.333. The van der Waals surface area contributed by atoms with Crippen LogP contribution >= 0.6 is 0 Å². The lowest BCUT2D eigenvalue weighted by Crippen LogP contribution is -2.36. The van der Waals surface area contributed by atoms with Crippen LogP contribution in [0.5, 0.6) is 0 Å². The smallest absolute Gasteiger partial charge is 0.226 e. The van der Waals surface area contributed by atoms with E-state index in [1.165, 1.54) is 0 Å². The number of aromatic nitrogens is 1. The van der Waals surface area contributed by atoms with Crippen LogP contribution in [0.1, 0.15) is 12.6 Å². The summed E-state index contributed by atoms with van der Waals surface area (Å²) in [4.78, 5) is 11.6. The number of hydrogen-bond donors (Lipinski definition) is 2. The van der Waals surface area contributed by atoms with Gasteiger partial charge in [0.05, 0.1) is 13.0 Å². The molecule has 0 spiro atoms. The van der Waals surface area contributed by atoms with Gasteiger partial charge in [-0.05, 0) is 19.1 Å². The summed E-state index contributed by atoms with van der Waals surface area (Å²) in [7, 11) is 0. The Morgan fingerprint density at radius 2 is 2.29 bits per heavy atom. The molecular formula is C12H14N2O3. The first kappa shape index (κ1) is 11.6. The summed E-state index contributed by atoms with van der Waals surface area (Å²) in [6.45, 7) is 1.66. The zero-order valence-electron chi connectivity index (χ0n) is 9.51.